The van der Waals surface area contributed by atoms with Crippen molar-refractivity contribution in [1.82, 2.24) is 9.88 Å². The molecular formula is C24H21N3O2S. The quantitative estimate of drug-likeness (QED) is 0.300. The Morgan fingerprint density at radius 1 is 1.10 bits per heavy atom. The number of hydrogen-bond donors (Lipinski definition) is 1. The number of allylic oxidation sites excluding steroid dienone is 1. The minimum atomic E-state index is -0.494. The number of thiocarbonyl (C=S) groups is 1. The third-order valence-corrected chi connectivity index (χ3v) is 5.30. The summed E-state index contributed by atoms with van der Waals surface area (Å²) < 4.78 is 2.03. The van der Waals surface area contributed by atoms with Crippen LogP contribution in [0.1, 0.15) is 16.7 Å². The van der Waals surface area contributed by atoms with Crippen LogP contribution < -0.4 is 10.2 Å². The van der Waals surface area contributed by atoms with Gasteiger partial charge in [-0.25, -0.2) is 0 Å². The van der Waals surface area contributed by atoms with E-state index < -0.39 is 11.8 Å². The van der Waals surface area contributed by atoms with Crippen LogP contribution in [0, 0.1) is 13.8 Å². The summed E-state index contributed by atoms with van der Waals surface area (Å²) in [6, 6.07) is 13.6. The van der Waals surface area contributed by atoms with E-state index in [0.29, 0.717) is 12.2 Å². The molecule has 5 nitrogen and oxygen atoms in total. The maximum Gasteiger partial charge on any atom is 0.270 e. The first-order valence-corrected chi connectivity index (χ1v) is 9.98. The highest BCUT2D eigenvalue weighted by atomic mass is 32.1. The van der Waals surface area contributed by atoms with E-state index in [1.54, 1.807) is 6.08 Å². The number of amides is 2. The second kappa shape index (κ2) is 7.72. The number of carbonyl (C=O) groups is 2. The highest BCUT2D eigenvalue weighted by molar-refractivity contribution is 7.80. The topological polar surface area (TPSA) is 54.3 Å². The Balaban J connectivity index is 1.82. The molecule has 2 aromatic carbocycles. The Bertz CT molecular complexity index is 1230. The smallest absolute Gasteiger partial charge is 0.270 e. The van der Waals surface area contributed by atoms with Gasteiger partial charge in [0.15, 0.2) is 5.11 Å². The van der Waals surface area contributed by atoms with Crippen molar-refractivity contribution in [2.45, 2.75) is 20.4 Å². The number of rotatable bonds is 4. The van der Waals surface area contributed by atoms with Gasteiger partial charge >= 0.3 is 0 Å². The Morgan fingerprint density at radius 3 is 2.50 bits per heavy atom. The molecule has 0 spiro atoms. The van der Waals surface area contributed by atoms with Crippen molar-refractivity contribution in [2.75, 3.05) is 4.90 Å². The van der Waals surface area contributed by atoms with Gasteiger partial charge in [0.2, 0.25) is 0 Å². The van der Waals surface area contributed by atoms with Crippen molar-refractivity contribution in [2.24, 2.45) is 0 Å². The molecule has 1 aliphatic heterocycles. The van der Waals surface area contributed by atoms with Gasteiger partial charge in [-0.05, 0) is 61.5 Å². The molecule has 0 unspecified atom stereocenters. The molecule has 6 heteroatoms. The maximum absolute atomic E-state index is 13.3. The van der Waals surface area contributed by atoms with Gasteiger partial charge < -0.3 is 4.57 Å². The molecule has 0 radical (unpaired) electrons. The third-order valence-electron chi connectivity index (χ3n) is 5.01. The zero-order valence-electron chi connectivity index (χ0n) is 16.8. The molecule has 0 aliphatic carbocycles. The lowest BCUT2D eigenvalue weighted by molar-refractivity contribution is -0.122. The van der Waals surface area contributed by atoms with E-state index >= 15 is 0 Å². The first kappa shape index (κ1) is 19.8. The fourth-order valence-corrected chi connectivity index (χ4v) is 4.09. The largest absolute Gasteiger partial charge is 0.343 e. The lowest BCUT2D eigenvalue weighted by Gasteiger charge is -2.29. The second-order valence-corrected chi connectivity index (χ2v) is 7.73. The van der Waals surface area contributed by atoms with Gasteiger partial charge in [0.25, 0.3) is 11.8 Å². The summed E-state index contributed by atoms with van der Waals surface area (Å²) in [5.74, 6) is -0.930. The van der Waals surface area contributed by atoms with Crippen LogP contribution in [0.25, 0.3) is 17.0 Å². The number of nitrogens with one attached hydrogen (secondary N) is 1. The molecule has 3 aromatic rings. The first-order chi connectivity index (χ1) is 14.4. The number of fused-ring (bicyclic) bond motifs is 1. The third kappa shape index (κ3) is 3.46. The van der Waals surface area contributed by atoms with E-state index in [1.165, 1.54) is 4.90 Å². The normalized spacial score (nSPS) is 15.7. The van der Waals surface area contributed by atoms with Gasteiger partial charge in [-0.15, -0.1) is 6.58 Å². The van der Waals surface area contributed by atoms with Crippen LogP contribution in [0.3, 0.4) is 0 Å². The fraction of sp³-hybridized carbons (Fsp3) is 0.125. The number of anilines is 1. The molecule has 1 saturated heterocycles. The van der Waals surface area contributed by atoms with Gasteiger partial charge in [-0.1, -0.05) is 30.3 Å². The number of carbonyl (C=O) groups excluding carboxylic acids is 2. The molecule has 1 fully saturated rings. The maximum atomic E-state index is 13.3. The van der Waals surface area contributed by atoms with E-state index in [0.717, 1.165) is 27.6 Å². The predicted molar refractivity (Wildman–Crippen MR) is 124 cm³/mol. The van der Waals surface area contributed by atoms with E-state index in [9.17, 15) is 9.59 Å². The summed E-state index contributed by atoms with van der Waals surface area (Å²) in [7, 11) is 0. The molecule has 0 saturated carbocycles. The van der Waals surface area contributed by atoms with Gasteiger partial charge in [0.1, 0.15) is 5.57 Å². The van der Waals surface area contributed by atoms with E-state index in [4.69, 9.17) is 12.2 Å². The highest BCUT2D eigenvalue weighted by Crippen LogP contribution is 2.27. The summed E-state index contributed by atoms with van der Waals surface area (Å²) >= 11 is 5.31. The van der Waals surface area contributed by atoms with Crippen molar-refractivity contribution >= 4 is 51.8 Å². The first-order valence-electron chi connectivity index (χ1n) is 9.57. The van der Waals surface area contributed by atoms with Gasteiger partial charge in [0.05, 0.1) is 5.69 Å². The summed E-state index contributed by atoms with van der Waals surface area (Å²) in [6.07, 6.45) is 5.37. The number of benzene rings is 2. The van der Waals surface area contributed by atoms with Crippen LogP contribution in [-0.2, 0) is 16.1 Å². The SMILES string of the molecule is C=CCn1cc(/C=C2\C(=O)NC(=S)N(c3cc(C)cc(C)c3)C2=O)c2ccccc21. The zero-order chi connectivity index (χ0) is 21.4. The van der Waals surface area contributed by atoms with E-state index in [2.05, 4.69) is 11.9 Å². The average Bonchev–Trinajstić information content (AvgIpc) is 3.02. The number of para-hydroxylation sites is 1. The van der Waals surface area contributed by atoms with Crippen LogP contribution >= 0.6 is 12.2 Å². The van der Waals surface area contributed by atoms with Gasteiger partial charge in [0, 0.05) is 29.2 Å². The highest BCUT2D eigenvalue weighted by Gasteiger charge is 2.34. The van der Waals surface area contributed by atoms with Gasteiger partial charge in [-0.2, -0.15) is 0 Å². The minimum Gasteiger partial charge on any atom is -0.343 e. The summed E-state index contributed by atoms with van der Waals surface area (Å²) in [5.41, 5.74) is 4.51. The molecule has 2 amide bonds. The summed E-state index contributed by atoms with van der Waals surface area (Å²) in [6.45, 7) is 8.34. The van der Waals surface area contributed by atoms with Crippen molar-refractivity contribution in [3.63, 3.8) is 0 Å². The summed E-state index contributed by atoms with van der Waals surface area (Å²) in [5, 5.41) is 3.70. The zero-order valence-corrected chi connectivity index (χ0v) is 17.6. The van der Waals surface area contributed by atoms with Crippen molar-refractivity contribution in [1.29, 1.82) is 0 Å². The standard InChI is InChI=1S/C24H21N3O2S/c1-4-9-26-14-17(19-7-5-6-8-21(19)26)13-20-22(28)25-24(30)27(23(20)29)18-11-15(2)10-16(3)12-18/h4-8,10-14H,1,9H2,2-3H3,(H,25,28,30)/b20-13+. The molecule has 30 heavy (non-hydrogen) atoms. The number of hydrogen-bond acceptors (Lipinski definition) is 3. The molecule has 1 aromatic heterocycles. The molecule has 1 aliphatic rings. The molecule has 0 atom stereocenters. The Labute approximate surface area is 180 Å². The Hall–Kier alpha value is -3.51. The number of aryl methyl sites for hydroxylation is 2. The monoisotopic (exact) mass is 415 g/mol. The molecule has 0 bridgehead atoms. The molecular weight excluding hydrogens is 394 g/mol. The molecule has 2 heterocycles. The van der Waals surface area contributed by atoms with Crippen molar-refractivity contribution < 1.29 is 9.59 Å². The molecule has 1 N–H and O–H groups in total. The van der Waals surface area contributed by atoms with E-state index in [1.807, 2.05) is 73.2 Å². The Kier molecular flexibility index (Phi) is 5.10. The molecule has 150 valence electrons. The number of nitrogens with zero attached hydrogens (tertiary/aromatic N) is 2. The van der Waals surface area contributed by atoms with Crippen molar-refractivity contribution in [3.05, 3.63) is 83.6 Å². The summed E-state index contributed by atoms with van der Waals surface area (Å²) in [4.78, 5) is 27.4. The second-order valence-electron chi connectivity index (χ2n) is 7.35. The van der Waals surface area contributed by atoms with Crippen LogP contribution in [-0.4, -0.2) is 21.5 Å². The Morgan fingerprint density at radius 2 is 1.80 bits per heavy atom. The van der Waals surface area contributed by atoms with Gasteiger partial charge in [-0.3, -0.25) is 19.8 Å². The van der Waals surface area contributed by atoms with Crippen LogP contribution in [0.15, 0.2) is 66.9 Å². The fourth-order valence-electron chi connectivity index (χ4n) is 3.81. The average molecular weight is 416 g/mol. The number of aromatic nitrogens is 1. The van der Waals surface area contributed by atoms with Crippen molar-refractivity contribution in [3.8, 4) is 0 Å². The lowest BCUT2D eigenvalue weighted by atomic mass is 10.1. The molecule has 4 rings (SSSR count). The van der Waals surface area contributed by atoms with Crippen LogP contribution in [0.4, 0.5) is 5.69 Å². The lowest BCUT2D eigenvalue weighted by Crippen LogP contribution is -2.54. The predicted octanol–water partition coefficient (Wildman–Crippen LogP) is 4.28. The minimum absolute atomic E-state index is 0.0456. The van der Waals surface area contributed by atoms with Crippen LogP contribution in [0.5, 0.6) is 0 Å². The van der Waals surface area contributed by atoms with Crippen LogP contribution in [0.2, 0.25) is 0 Å². The van der Waals surface area contributed by atoms with E-state index in [-0.39, 0.29) is 10.7 Å².